The van der Waals surface area contributed by atoms with Crippen molar-refractivity contribution in [3.63, 3.8) is 0 Å². The highest BCUT2D eigenvalue weighted by Crippen LogP contribution is 2.10. The molecule has 0 spiro atoms. The summed E-state index contributed by atoms with van der Waals surface area (Å²) < 4.78 is 10.1. The number of hydrogen-bond donors (Lipinski definition) is 1. The minimum absolute atomic E-state index is 0.340. The Morgan fingerprint density at radius 3 is 2.82 bits per heavy atom. The molecule has 1 aromatic carbocycles. The van der Waals surface area contributed by atoms with E-state index < -0.39 is 0 Å². The Balaban J connectivity index is 2.04. The maximum atomic E-state index is 5.80. The second-order valence-electron chi connectivity index (χ2n) is 3.77. The minimum atomic E-state index is -0.340. The highest BCUT2D eigenvalue weighted by atomic mass is 16.5. The third kappa shape index (κ3) is 3.12. The Bertz CT molecular complexity index is 456. The van der Waals surface area contributed by atoms with Crippen LogP contribution in [-0.4, -0.2) is 23.9 Å². The van der Waals surface area contributed by atoms with Crippen LogP contribution in [0.15, 0.2) is 34.9 Å². The fourth-order valence-electron chi connectivity index (χ4n) is 1.52. The molecule has 0 saturated carbocycles. The number of ether oxygens (including phenoxy) is 1. The van der Waals surface area contributed by atoms with Crippen molar-refractivity contribution in [3.05, 3.63) is 47.6 Å². The van der Waals surface area contributed by atoms with Crippen LogP contribution in [0.1, 0.15) is 23.3 Å². The Morgan fingerprint density at radius 2 is 2.12 bits per heavy atom. The molecule has 5 nitrogen and oxygen atoms in total. The van der Waals surface area contributed by atoms with E-state index in [1.807, 2.05) is 30.3 Å². The largest absolute Gasteiger partial charge is 0.383 e. The van der Waals surface area contributed by atoms with E-state index in [9.17, 15) is 0 Å². The average Bonchev–Trinajstić information content (AvgIpc) is 2.79. The molecule has 1 heterocycles. The molecule has 0 fully saturated rings. The SMILES string of the molecule is COCC(N)c1noc(Cc2ccccc2)n1. The number of hydrogen-bond acceptors (Lipinski definition) is 5. The molecule has 2 rings (SSSR count). The van der Waals surface area contributed by atoms with Crippen LogP contribution in [0.5, 0.6) is 0 Å². The number of nitrogens with zero attached hydrogens (tertiary/aromatic N) is 2. The van der Waals surface area contributed by atoms with Crippen LogP contribution in [-0.2, 0) is 11.2 Å². The first-order valence-corrected chi connectivity index (χ1v) is 5.40. The lowest BCUT2D eigenvalue weighted by Gasteiger charge is -2.03. The van der Waals surface area contributed by atoms with E-state index in [0.717, 1.165) is 5.56 Å². The van der Waals surface area contributed by atoms with Gasteiger partial charge in [0, 0.05) is 7.11 Å². The van der Waals surface area contributed by atoms with E-state index in [-0.39, 0.29) is 6.04 Å². The van der Waals surface area contributed by atoms with Gasteiger partial charge in [-0.1, -0.05) is 35.5 Å². The summed E-state index contributed by atoms with van der Waals surface area (Å²) >= 11 is 0. The fourth-order valence-corrected chi connectivity index (χ4v) is 1.52. The molecule has 2 aromatic rings. The van der Waals surface area contributed by atoms with E-state index >= 15 is 0 Å². The number of rotatable bonds is 5. The van der Waals surface area contributed by atoms with Crippen molar-refractivity contribution in [1.29, 1.82) is 0 Å². The van der Waals surface area contributed by atoms with Gasteiger partial charge in [0.15, 0.2) is 5.82 Å². The zero-order chi connectivity index (χ0) is 12.1. The molecule has 0 bridgehead atoms. The molecule has 1 aromatic heterocycles. The first-order chi connectivity index (χ1) is 8.29. The van der Waals surface area contributed by atoms with Gasteiger partial charge < -0.3 is 15.0 Å². The summed E-state index contributed by atoms with van der Waals surface area (Å²) in [5, 5.41) is 3.84. The van der Waals surface area contributed by atoms with E-state index in [1.165, 1.54) is 0 Å². The topological polar surface area (TPSA) is 74.2 Å². The summed E-state index contributed by atoms with van der Waals surface area (Å²) in [6.07, 6.45) is 0.619. The zero-order valence-electron chi connectivity index (χ0n) is 9.67. The van der Waals surface area contributed by atoms with Crippen molar-refractivity contribution in [2.75, 3.05) is 13.7 Å². The van der Waals surface area contributed by atoms with Gasteiger partial charge in [0.05, 0.1) is 19.1 Å². The van der Waals surface area contributed by atoms with Crippen molar-refractivity contribution in [1.82, 2.24) is 10.1 Å². The smallest absolute Gasteiger partial charge is 0.231 e. The molecule has 0 radical (unpaired) electrons. The molecule has 0 saturated heterocycles. The van der Waals surface area contributed by atoms with Gasteiger partial charge >= 0.3 is 0 Å². The van der Waals surface area contributed by atoms with Gasteiger partial charge in [-0.3, -0.25) is 0 Å². The van der Waals surface area contributed by atoms with Crippen molar-refractivity contribution in [3.8, 4) is 0 Å². The summed E-state index contributed by atoms with van der Waals surface area (Å²) in [4.78, 5) is 4.24. The van der Waals surface area contributed by atoms with Gasteiger partial charge in [0.2, 0.25) is 5.89 Å². The second-order valence-corrected chi connectivity index (χ2v) is 3.77. The highest BCUT2D eigenvalue weighted by molar-refractivity contribution is 5.18. The normalized spacial score (nSPS) is 12.6. The quantitative estimate of drug-likeness (QED) is 0.842. The summed E-state index contributed by atoms with van der Waals surface area (Å²) in [6, 6.07) is 9.61. The fraction of sp³-hybridized carbons (Fsp3) is 0.333. The van der Waals surface area contributed by atoms with Crippen LogP contribution in [0.3, 0.4) is 0 Å². The maximum Gasteiger partial charge on any atom is 0.231 e. The molecule has 0 aliphatic rings. The van der Waals surface area contributed by atoms with E-state index in [2.05, 4.69) is 10.1 Å². The van der Waals surface area contributed by atoms with E-state index in [4.69, 9.17) is 15.0 Å². The monoisotopic (exact) mass is 233 g/mol. The Labute approximate surface area is 99.6 Å². The van der Waals surface area contributed by atoms with Gasteiger partial charge in [-0.25, -0.2) is 0 Å². The highest BCUT2D eigenvalue weighted by Gasteiger charge is 2.13. The van der Waals surface area contributed by atoms with Gasteiger partial charge in [-0.15, -0.1) is 0 Å². The third-order valence-corrected chi connectivity index (χ3v) is 2.36. The molecule has 0 amide bonds. The molecular formula is C12H15N3O2. The lowest BCUT2D eigenvalue weighted by atomic mass is 10.1. The third-order valence-electron chi connectivity index (χ3n) is 2.36. The van der Waals surface area contributed by atoms with Crippen molar-refractivity contribution < 1.29 is 9.26 Å². The van der Waals surface area contributed by atoms with Crippen LogP contribution in [0.4, 0.5) is 0 Å². The average molecular weight is 233 g/mol. The van der Waals surface area contributed by atoms with Crippen LogP contribution in [0, 0.1) is 0 Å². The van der Waals surface area contributed by atoms with E-state index in [0.29, 0.717) is 24.7 Å². The van der Waals surface area contributed by atoms with Crippen molar-refractivity contribution in [2.24, 2.45) is 5.73 Å². The molecule has 1 atom stereocenters. The lowest BCUT2D eigenvalue weighted by molar-refractivity contribution is 0.177. The molecule has 1 unspecified atom stereocenters. The van der Waals surface area contributed by atoms with Crippen molar-refractivity contribution >= 4 is 0 Å². The minimum Gasteiger partial charge on any atom is -0.383 e. The molecule has 17 heavy (non-hydrogen) atoms. The van der Waals surface area contributed by atoms with Crippen LogP contribution < -0.4 is 5.73 Å². The molecule has 90 valence electrons. The zero-order valence-corrected chi connectivity index (χ0v) is 9.67. The van der Waals surface area contributed by atoms with E-state index in [1.54, 1.807) is 7.11 Å². The van der Waals surface area contributed by atoms with Gasteiger partial charge in [-0.2, -0.15) is 4.98 Å². The predicted octanol–water partition coefficient (Wildman–Crippen LogP) is 1.31. The molecule has 2 N–H and O–H groups in total. The standard InChI is InChI=1S/C12H15N3O2/c1-16-8-10(13)12-14-11(17-15-12)7-9-5-3-2-4-6-9/h2-6,10H,7-8,13H2,1H3. The number of aromatic nitrogens is 2. The molecule has 0 aliphatic carbocycles. The lowest BCUT2D eigenvalue weighted by Crippen LogP contribution is -2.17. The van der Waals surface area contributed by atoms with Crippen LogP contribution in [0.25, 0.3) is 0 Å². The number of methoxy groups -OCH3 is 1. The summed E-state index contributed by atoms with van der Waals surface area (Å²) in [5.41, 5.74) is 6.93. The summed E-state index contributed by atoms with van der Waals surface area (Å²) in [6.45, 7) is 0.379. The first kappa shape index (κ1) is 11.8. The van der Waals surface area contributed by atoms with Gasteiger partial charge in [0.25, 0.3) is 0 Å². The maximum absolute atomic E-state index is 5.80. The Morgan fingerprint density at radius 1 is 1.35 bits per heavy atom. The van der Waals surface area contributed by atoms with Gasteiger partial charge in [-0.05, 0) is 5.56 Å². The Kier molecular flexibility index (Phi) is 3.85. The predicted molar refractivity (Wildman–Crippen MR) is 62.4 cm³/mol. The second kappa shape index (κ2) is 5.56. The van der Waals surface area contributed by atoms with Crippen LogP contribution >= 0.6 is 0 Å². The Hall–Kier alpha value is -1.72. The number of nitrogens with two attached hydrogens (primary N) is 1. The summed E-state index contributed by atoms with van der Waals surface area (Å²) in [7, 11) is 1.59. The van der Waals surface area contributed by atoms with Gasteiger partial charge in [0.1, 0.15) is 0 Å². The molecular weight excluding hydrogens is 218 g/mol. The van der Waals surface area contributed by atoms with Crippen LogP contribution in [0.2, 0.25) is 0 Å². The summed E-state index contributed by atoms with van der Waals surface area (Å²) in [5.74, 6) is 1.05. The molecule has 5 heteroatoms. The number of benzene rings is 1. The van der Waals surface area contributed by atoms with Crippen molar-refractivity contribution in [2.45, 2.75) is 12.5 Å². The first-order valence-electron chi connectivity index (χ1n) is 5.40. The molecule has 0 aliphatic heterocycles.